The molecule has 1 saturated carbocycles. The minimum absolute atomic E-state index is 0. The molecule has 1 rings (SSSR count). The number of Topliss-reactive ketones (excluding diaryl/α,β-unsaturated/α-hetero) is 1. The van der Waals surface area contributed by atoms with E-state index in [-0.39, 0.29) is 18.5 Å². The first-order valence-corrected chi connectivity index (χ1v) is 6.57. The summed E-state index contributed by atoms with van der Waals surface area (Å²) in [6.07, 6.45) is 2.43. The molecule has 3 nitrogen and oxygen atoms in total. The molecule has 1 fully saturated rings. The highest BCUT2D eigenvalue weighted by atomic mass is 16.2. The van der Waals surface area contributed by atoms with Crippen LogP contribution in [0.1, 0.15) is 62.2 Å². The van der Waals surface area contributed by atoms with Crippen LogP contribution in [0, 0.1) is 10.8 Å². The fraction of sp³-hybridized carbons (Fsp3) is 0.857. The fourth-order valence-corrected chi connectivity index (χ4v) is 1.78. The van der Waals surface area contributed by atoms with Crippen LogP contribution in [0.5, 0.6) is 0 Å². The zero-order valence-electron chi connectivity index (χ0n) is 12.1. The van der Waals surface area contributed by atoms with E-state index >= 15 is 0 Å². The number of hydrogen-bond donors (Lipinski definition) is 1. The minimum Gasteiger partial charge on any atom is -0.355 e. The maximum atomic E-state index is 11.9. The van der Waals surface area contributed by atoms with Crippen molar-refractivity contribution in [3.63, 3.8) is 0 Å². The summed E-state index contributed by atoms with van der Waals surface area (Å²) < 4.78 is 0. The van der Waals surface area contributed by atoms with Crippen LogP contribution >= 0.6 is 0 Å². The number of hydrogen-bond acceptors (Lipinski definition) is 2. The van der Waals surface area contributed by atoms with Crippen molar-refractivity contribution < 1.29 is 11.0 Å². The average molecular weight is 243 g/mol. The smallest absolute Gasteiger partial charge is 0.233 e. The lowest BCUT2D eigenvalue weighted by Crippen LogP contribution is -2.51. The summed E-state index contributed by atoms with van der Waals surface area (Å²) in [5, 5.41) is 2.89. The van der Waals surface area contributed by atoms with Crippen LogP contribution in [-0.4, -0.2) is 18.2 Å². The zero-order chi connectivity index (χ0) is 13.7. The van der Waals surface area contributed by atoms with Crippen molar-refractivity contribution in [2.24, 2.45) is 10.8 Å². The Labute approximate surface area is 107 Å². The van der Waals surface area contributed by atoms with E-state index < -0.39 is 5.41 Å². The van der Waals surface area contributed by atoms with Crippen molar-refractivity contribution in [2.75, 3.05) is 6.54 Å². The second-order valence-corrected chi connectivity index (χ2v) is 5.74. The van der Waals surface area contributed by atoms with Crippen LogP contribution in [-0.2, 0) is 9.59 Å². The topological polar surface area (TPSA) is 46.2 Å². The van der Waals surface area contributed by atoms with Crippen molar-refractivity contribution in [3.8, 4) is 0 Å². The first-order valence-electron chi connectivity index (χ1n) is 6.57. The molecular formula is C14H29NO2. The van der Waals surface area contributed by atoms with E-state index in [1.165, 1.54) is 6.92 Å². The molecule has 1 aliphatic carbocycles. The Morgan fingerprint density at radius 2 is 1.71 bits per heavy atom. The van der Waals surface area contributed by atoms with Crippen LogP contribution in [0.15, 0.2) is 0 Å². The highest BCUT2D eigenvalue weighted by molar-refractivity contribution is 6.05. The van der Waals surface area contributed by atoms with Gasteiger partial charge in [0.25, 0.3) is 0 Å². The Balaban J connectivity index is 0. The second kappa shape index (κ2) is 6.18. The van der Waals surface area contributed by atoms with Gasteiger partial charge in [-0.15, -0.1) is 0 Å². The number of nitrogens with one attached hydrogen (secondary N) is 1. The third-order valence-corrected chi connectivity index (χ3v) is 3.09. The average Bonchev–Trinajstić information content (AvgIpc) is 2.14. The summed E-state index contributed by atoms with van der Waals surface area (Å²) in [4.78, 5) is 23.4. The van der Waals surface area contributed by atoms with Gasteiger partial charge in [-0.1, -0.05) is 41.0 Å². The number of amides is 1. The monoisotopic (exact) mass is 243 g/mol. The normalized spacial score (nSPS) is 17.3. The van der Waals surface area contributed by atoms with Crippen molar-refractivity contribution in [1.29, 1.82) is 0 Å². The predicted octanol–water partition coefficient (Wildman–Crippen LogP) is 3.18. The molecule has 0 heterocycles. The molecule has 1 N–H and O–H groups in total. The summed E-state index contributed by atoms with van der Waals surface area (Å²) in [7, 11) is 0. The van der Waals surface area contributed by atoms with Crippen LogP contribution in [0.3, 0.4) is 0 Å². The van der Waals surface area contributed by atoms with E-state index in [1.807, 2.05) is 13.8 Å². The van der Waals surface area contributed by atoms with Gasteiger partial charge in [0, 0.05) is 7.97 Å². The summed E-state index contributed by atoms with van der Waals surface area (Å²) in [6.45, 7) is 12.3. The molecule has 0 aromatic heterocycles. The molecule has 0 spiro atoms. The van der Waals surface area contributed by atoms with E-state index in [1.54, 1.807) is 0 Å². The lowest BCUT2D eigenvalue weighted by molar-refractivity contribution is -0.147. The molecule has 0 unspecified atom stereocenters. The molecule has 0 radical (unpaired) electrons. The Bertz CT molecular complexity index is 278. The molecule has 0 bridgehead atoms. The minimum atomic E-state index is -0.689. The number of rotatable bonds is 3. The van der Waals surface area contributed by atoms with Crippen LogP contribution < -0.4 is 5.32 Å². The van der Waals surface area contributed by atoms with Gasteiger partial charge in [-0.25, -0.2) is 0 Å². The lowest BCUT2D eigenvalue weighted by Gasteiger charge is -2.38. The first-order chi connectivity index (χ1) is 7.78. The second-order valence-electron chi connectivity index (χ2n) is 5.74. The molecule has 0 saturated heterocycles. The van der Waals surface area contributed by atoms with Crippen LogP contribution in [0.4, 0.5) is 0 Å². The van der Waals surface area contributed by atoms with Crippen molar-refractivity contribution >= 4 is 11.7 Å². The van der Waals surface area contributed by atoms with Crippen LogP contribution in [0.2, 0.25) is 0 Å². The molecule has 0 atom stereocenters. The summed E-state index contributed by atoms with van der Waals surface area (Å²) >= 11 is 0. The molecule has 102 valence electrons. The predicted molar refractivity (Wildman–Crippen MR) is 72.9 cm³/mol. The Morgan fingerprint density at radius 3 is 1.94 bits per heavy atom. The zero-order valence-corrected chi connectivity index (χ0v) is 12.1. The van der Waals surface area contributed by atoms with Gasteiger partial charge in [0.05, 0.1) is 0 Å². The fourth-order valence-electron chi connectivity index (χ4n) is 1.78. The summed E-state index contributed by atoms with van der Waals surface area (Å²) in [5.41, 5.74) is -0.622. The van der Waals surface area contributed by atoms with Gasteiger partial charge < -0.3 is 5.32 Å². The van der Waals surface area contributed by atoms with Gasteiger partial charge in [-0.05, 0) is 25.2 Å². The third kappa shape index (κ3) is 4.14. The molecule has 3 heteroatoms. The standard InChI is InChI=1S/C12H21NO2.C2H6.H2/c1-9(14)12(6-5-7-12)10(15)13-8-11(2,3)4;1-2;/h5-8H2,1-4H3,(H,13,15);1-2H3;1H. The molecule has 0 aromatic carbocycles. The molecule has 0 aromatic rings. The molecular weight excluding hydrogens is 214 g/mol. The third-order valence-electron chi connectivity index (χ3n) is 3.09. The Hall–Kier alpha value is -0.860. The molecule has 1 amide bonds. The van der Waals surface area contributed by atoms with Gasteiger partial charge in [0.2, 0.25) is 5.91 Å². The largest absolute Gasteiger partial charge is 0.355 e. The van der Waals surface area contributed by atoms with E-state index in [0.717, 1.165) is 19.3 Å². The quantitative estimate of drug-likeness (QED) is 0.774. The summed E-state index contributed by atoms with van der Waals surface area (Å²) in [6, 6.07) is 0. The van der Waals surface area contributed by atoms with E-state index in [0.29, 0.717) is 6.54 Å². The van der Waals surface area contributed by atoms with Crippen molar-refractivity contribution in [3.05, 3.63) is 0 Å². The maximum absolute atomic E-state index is 11.9. The molecule has 1 aliphatic rings. The maximum Gasteiger partial charge on any atom is 0.233 e. The van der Waals surface area contributed by atoms with Gasteiger partial charge in [0.15, 0.2) is 0 Å². The van der Waals surface area contributed by atoms with E-state index in [2.05, 4.69) is 26.1 Å². The highest BCUT2D eigenvalue weighted by Gasteiger charge is 2.48. The Morgan fingerprint density at radius 1 is 1.24 bits per heavy atom. The number of carbonyl (C=O) groups excluding carboxylic acids is 2. The summed E-state index contributed by atoms with van der Waals surface area (Å²) in [5.74, 6) is -0.0589. The van der Waals surface area contributed by atoms with Crippen molar-refractivity contribution in [1.82, 2.24) is 5.32 Å². The molecule has 0 aliphatic heterocycles. The highest BCUT2D eigenvalue weighted by Crippen LogP contribution is 2.42. The van der Waals surface area contributed by atoms with Crippen LogP contribution in [0.25, 0.3) is 0 Å². The number of ketones is 1. The van der Waals surface area contributed by atoms with Crippen molar-refractivity contribution in [2.45, 2.75) is 60.8 Å². The SMILES string of the molecule is CC.CC(=O)C1(C(=O)NCC(C)(C)C)CCC1.[HH]. The number of carbonyl (C=O) groups is 2. The van der Waals surface area contributed by atoms with Gasteiger partial charge >= 0.3 is 0 Å². The van der Waals surface area contributed by atoms with Gasteiger partial charge in [-0.3, -0.25) is 9.59 Å². The van der Waals surface area contributed by atoms with E-state index in [4.69, 9.17) is 0 Å². The first kappa shape index (κ1) is 16.1. The lowest BCUT2D eigenvalue weighted by atomic mass is 9.65. The molecule has 17 heavy (non-hydrogen) atoms. The Kier molecular flexibility index (Phi) is 5.86. The van der Waals surface area contributed by atoms with Gasteiger partial charge in [-0.2, -0.15) is 0 Å². The van der Waals surface area contributed by atoms with Gasteiger partial charge in [0.1, 0.15) is 11.2 Å². The van der Waals surface area contributed by atoms with E-state index in [9.17, 15) is 9.59 Å².